The number of hydrogen-bond acceptors (Lipinski definition) is 3. The van der Waals surface area contributed by atoms with E-state index in [4.69, 9.17) is 4.74 Å². The first-order valence-electron chi connectivity index (χ1n) is 8.21. The summed E-state index contributed by atoms with van der Waals surface area (Å²) < 4.78 is 5.47. The molecule has 6 atom stereocenters. The highest BCUT2D eigenvalue weighted by Crippen LogP contribution is 2.59. The molecule has 1 heterocycles. The Bertz CT molecular complexity index is 474. The van der Waals surface area contributed by atoms with E-state index in [1.807, 2.05) is 0 Å². The molecule has 4 aliphatic rings. The Balaban J connectivity index is 1.46. The van der Waals surface area contributed by atoms with Crippen molar-refractivity contribution in [2.45, 2.75) is 56.0 Å². The summed E-state index contributed by atoms with van der Waals surface area (Å²) in [5.41, 5.74) is 0. The highest BCUT2D eigenvalue weighted by molar-refractivity contribution is 9.09. The number of carbonyl (C=O) groups excluding carboxylic acids is 2. The Kier molecular flexibility index (Phi) is 3.32. The van der Waals surface area contributed by atoms with Gasteiger partial charge in [0.15, 0.2) is 0 Å². The minimum absolute atomic E-state index is 0.00656. The second-order valence-corrected chi connectivity index (χ2v) is 8.48. The highest BCUT2D eigenvalue weighted by Gasteiger charge is 2.67. The summed E-state index contributed by atoms with van der Waals surface area (Å²) in [5.74, 6) is 0.882. The fourth-order valence-corrected chi connectivity index (χ4v) is 6.08. The summed E-state index contributed by atoms with van der Waals surface area (Å²) in [7, 11) is 0. The zero-order valence-electron chi connectivity index (χ0n) is 12.3. The molecule has 3 saturated carbocycles. The van der Waals surface area contributed by atoms with Gasteiger partial charge in [-0.3, -0.25) is 9.59 Å². The SMILES string of the molecule is CC1CCC(NC(=O)[C@@H]2[C@H]3C[C@H]4[C@H](OC(=O)[C@H]42)[C@H]3Br)CC1. The van der Waals surface area contributed by atoms with Crippen LogP contribution in [0.1, 0.15) is 39.0 Å². The molecule has 0 radical (unpaired) electrons. The molecule has 3 aliphatic carbocycles. The van der Waals surface area contributed by atoms with Gasteiger partial charge in [-0.2, -0.15) is 0 Å². The third kappa shape index (κ3) is 2.07. The molecule has 116 valence electrons. The molecule has 0 aromatic heterocycles. The van der Waals surface area contributed by atoms with E-state index in [0.717, 1.165) is 25.2 Å². The molecule has 0 unspecified atom stereocenters. The molecule has 1 amide bonds. The molecule has 4 rings (SSSR count). The van der Waals surface area contributed by atoms with E-state index in [0.29, 0.717) is 6.04 Å². The first-order valence-corrected chi connectivity index (χ1v) is 9.12. The van der Waals surface area contributed by atoms with Crippen molar-refractivity contribution in [2.75, 3.05) is 0 Å². The molecule has 0 spiro atoms. The first-order chi connectivity index (χ1) is 10.1. The largest absolute Gasteiger partial charge is 0.461 e. The van der Waals surface area contributed by atoms with E-state index < -0.39 is 0 Å². The van der Waals surface area contributed by atoms with Crippen LogP contribution in [0.2, 0.25) is 0 Å². The lowest BCUT2D eigenvalue weighted by molar-refractivity contribution is -0.146. The van der Waals surface area contributed by atoms with Gasteiger partial charge in [-0.15, -0.1) is 0 Å². The van der Waals surface area contributed by atoms with Crippen LogP contribution in [-0.4, -0.2) is 28.8 Å². The minimum Gasteiger partial charge on any atom is -0.461 e. The maximum atomic E-state index is 12.7. The minimum atomic E-state index is -0.184. The Labute approximate surface area is 133 Å². The van der Waals surface area contributed by atoms with Gasteiger partial charge in [-0.1, -0.05) is 22.9 Å². The van der Waals surface area contributed by atoms with Gasteiger partial charge in [-0.05, 0) is 43.9 Å². The van der Waals surface area contributed by atoms with Crippen LogP contribution in [0.5, 0.6) is 0 Å². The molecule has 5 heteroatoms. The third-order valence-corrected chi connectivity index (χ3v) is 7.39. The lowest BCUT2D eigenvalue weighted by Crippen LogP contribution is -2.47. The molecule has 0 aromatic rings. The van der Waals surface area contributed by atoms with Gasteiger partial charge in [0.05, 0.1) is 16.7 Å². The lowest BCUT2D eigenvalue weighted by Gasteiger charge is -2.31. The van der Waals surface area contributed by atoms with Crippen molar-refractivity contribution in [1.82, 2.24) is 5.32 Å². The van der Waals surface area contributed by atoms with Crippen LogP contribution >= 0.6 is 15.9 Å². The molecule has 2 bridgehead atoms. The summed E-state index contributed by atoms with van der Waals surface area (Å²) in [6.45, 7) is 2.28. The van der Waals surface area contributed by atoms with E-state index in [1.54, 1.807) is 0 Å². The Morgan fingerprint density at radius 1 is 1.24 bits per heavy atom. The summed E-state index contributed by atoms with van der Waals surface area (Å²) in [6.07, 6.45) is 5.49. The van der Waals surface area contributed by atoms with Gasteiger partial charge in [0.1, 0.15) is 6.10 Å². The van der Waals surface area contributed by atoms with E-state index in [1.165, 1.54) is 12.8 Å². The number of hydrogen-bond donors (Lipinski definition) is 1. The maximum Gasteiger partial charge on any atom is 0.310 e. The summed E-state index contributed by atoms with van der Waals surface area (Å²) >= 11 is 3.66. The van der Waals surface area contributed by atoms with Crippen LogP contribution in [0.3, 0.4) is 0 Å². The average Bonchev–Trinajstić information content (AvgIpc) is 3.05. The number of esters is 1. The smallest absolute Gasteiger partial charge is 0.310 e. The Hall–Kier alpha value is -0.580. The number of nitrogens with one attached hydrogen (secondary N) is 1. The van der Waals surface area contributed by atoms with Crippen LogP contribution in [0.15, 0.2) is 0 Å². The number of fused-ring (bicyclic) bond motifs is 1. The van der Waals surface area contributed by atoms with Crippen molar-refractivity contribution in [3.63, 3.8) is 0 Å². The van der Waals surface area contributed by atoms with E-state index in [-0.39, 0.29) is 46.5 Å². The highest BCUT2D eigenvalue weighted by atomic mass is 79.9. The Morgan fingerprint density at radius 2 is 1.95 bits per heavy atom. The molecule has 1 aliphatic heterocycles. The van der Waals surface area contributed by atoms with Crippen LogP contribution in [0.4, 0.5) is 0 Å². The number of carbonyl (C=O) groups is 2. The fourth-order valence-electron chi connectivity index (χ4n) is 5.03. The number of rotatable bonds is 2. The molecule has 0 aromatic carbocycles. The standard InChI is InChI=1S/C16H22BrNO3/c1-7-2-4-8(5-3-7)18-15(19)11-9-6-10-12(11)16(20)21-14(10)13(9)17/h7-14H,2-6H2,1H3,(H,18,19)/t7?,8?,9-,10-,11-,12-,13+,14+/m1/s1. The van der Waals surface area contributed by atoms with Crippen molar-refractivity contribution in [3.05, 3.63) is 0 Å². The van der Waals surface area contributed by atoms with Gasteiger partial charge in [-0.25, -0.2) is 0 Å². The number of ether oxygens (including phenoxy) is 1. The van der Waals surface area contributed by atoms with Crippen LogP contribution in [0.25, 0.3) is 0 Å². The molecule has 1 saturated heterocycles. The summed E-state index contributed by atoms with van der Waals surface area (Å²) in [6, 6.07) is 0.301. The molecule has 4 fully saturated rings. The second kappa shape index (κ2) is 4.97. The molecular weight excluding hydrogens is 334 g/mol. The normalized spacial score (nSPS) is 51.0. The van der Waals surface area contributed by atoms with Crippen molar-refractivity contribution < 1.29 is 14.3 Å². The van der Waals surface area contributed by atoms with Gasteiger partial charge in [0, 0.05) is 12.0 Å². The van der Waals surface area contributed by atoms with Crippen molar-refractivity contribution in [3.8, 4) is 0 Å². The van der Waals surface area contributed by atoms with Gasteiger partial charge in [0.2, 0.25) is 5.91 Å². The number of alkyl halides is 1. The monoisotopic (exact) mass is 355 g/mol. The number of halogens is 1. The predicted molar refractivity (Wildman–Crippen MR) is 80.7 cm³/mol. The van der Waals surface area contributed by atoms with E-state index in [9.17, 15) is 9.59 Å². The van der Waals surface area contributed by atoms with Gasteiger partial charge >= 0.3 is 5.97 Å². The second-order valence-electron chi connectivity index (χ2n) is 7.43. The zero-order valence-corrected chi connectivity index (χ0v) is 13.8. The van der Waals surface area contributed by atoms with E-state index in [2.05, 4.69) is 28.2 Å². The quantitative estimate of drug-likeness (QED) is 0.610. The molecule has 1 N–H and O–H groups in total. The Morgan fingerprint density at radius 3 is 2.67 bits per heavy atom. The topological polar surface area (TPSA) is 55.4 Å². The van der Waals surface area contributed by atoms with E-state index >= 15 is 0 Å². The van der Waals surface area contributed by atoms with Crippen LogP contribution < -0.4 is 5.32 Å². The molecule has 4 nitrogen and oxygen atoms in total. The predicted octanol–water partition coefficient (Wildman–Crippen LogP) is 2.25. The third-order valence-electron chi connectivity index (χ3n) is 6.19. The lowest BCUT2D eigenvalue weighted by atomic mass is 9.79. The fraction of sp³-hybridized carbons (Fsp3) is 0.875. The summed E-state index contributed by atoms with van der Waals surface area (Å²) in [4.78, 5) is 24.9. The zero-order chi connectivity index (χ0) is 14.7. The van der Waals surface area contributed by atoms with Gasteiger partial charge < -0.3 is 10.1 Å². The number of amides is 1. The van der Waals surface area contributed by atoms with Crippen LogP contribution in [0, 0.1) is 29.6 Å². The summed E-state index contributed by atoms with van der Waals surface area (Å²) in [5, 5.41) is 3.22. The van der Waals surface area contributed by atoms with Crippen molar-refractivity contribution in [2.24, 2.45) is 29.6 Å². The molecule has 21 heavy (non-hydrogen) atoms. The first kappa shape index (κ1) is 14.0. The van der Waals surface area contributed by atoms with Crippen LogP contribution in [-0.2, 0) is 14.3 Å². The van der Waals surface area contributed by atoms with Crippen molar-refractivity contribution in [1.29, 1.82) is 0 Å². The van der Waals surface area contributed by atoms with Crippen molar-refractivity contribution >= 4 is 27.8 Å². The van der Waals surface area contributed by atoms with Gasteiger partial charge in [0.25, 0.3) is 0 Å². The molecular formula is C16H22BrNO3. The average molecular weight is 356 g/mol. The maximum absolute atomic E-state index is 12.7.